The summed E-state index contributed by atoms with van der Waals surface area (Å²) in [5, 5.41) is 0. The summed E-state index contributed by atoms with van der Waals surface area (Å²) >= 11 is 0. The van der Waals surface area contributed by atoms with E-state index in [4.69, 9.17) is 0 Å². The van der Waals surface area contributed by atoms with Crippen LogP contribution in [0.15, 0.2) is 12.4 Å². The molecule has 0 fully saturated rings. The second kappa shape index (κ2) is 9.15. The normalized spacial score (nSPS) is 11.6. The van der Waals surface area contributed by atoms with Crippen LogP contribution in [0.2, 0.25) is 0 Å². The van der Waals surface area contributed by atoms with Gasteiger partial charge < -0.3 is 9.97 Å². The average molecular weight is 329 g/mol. The van der Waals surface area contributed by atoms with Crippen LogP contribution in [0.25, 0.3) is 0 Å². The average Bonchev–Trinajstić information content (AvgIpc) is 3.14. The van der Waals surface area contributed by atoms with Crippen molar-refractivity contribution in [2.75, 3.05) is 0 Å². The minimum Gasteiger partial charge on any atom is -0.364 e. The van der Waals surface area contributed by atoms with Gasteiger partial charge in [0.2, 0.25) is 0 Å². The molecule has 2 aromatic rings. The second-order valence-electron chi connectivity index (χ2n) is 7.17. The molecule has 0 aliphatic heterocycles. The molecule has 0 bridgehead atoms. The Morgan fingerprint density at radius 1 is 0.750 bits per heavy atom. The summed E-state index contributed by atoms with van der Waals surface area (Å²) in [4.78, 5) is 7.22. The van der Waals surface area contributed by atoms with Crippen molar-refractivity contribution in [2.24, 2.45) is 0 Å². The number of aryl methyl sites for hydroxylation is 2. The molecule has 2 heterocycles. The summed E-state index contributed by atoms with van der Waals surface area (Å²) in [6.45, 7) is 11.3. The van der Waals surface area contributed by atoms with Crippen molar-refractivity contribution in [2.45, 2.75) is 91.9 Å². The van der Waals surface area contributed by atoms with Crippen LogP contribution < -0.4 is 0 Å². The van der Waals surface area contributed by atoms with Gasteiger partial charge in [-0.2, -0.15) is 0 Å². The van der Waals surface area contributed by atoms with Crippen LogP contribution >= 0.6 is 0 Å². The highest BCUT2D eigenvalue weighted by molar-refractivity contribution is 5.41. The highest BCUT2D eigenvalue weighted by Crippen LogP contribution is 2.34. The van der Waals surface area contributed by atoms with Gasteiger partial charge in [-0.3, -0.25) is 0 Å². The maximum atomic E-state index is 3.61. The van der Waals surface area contributed by atoms with Crippen molar-refractivity contribution in [3.63, 3.8) is 0 Å². The summed E-state index contributed by atoms with van der Waals surface area (Å²) in [6, 6.07) is 0. The molecule has 0 spiro atoms. The topological polar surface area (TPSA) is 31.6 Å². The van der Waals surface area contributed by atoms with Gasteiger partial charge in [-0.05, 0) is 55.4 Å². The smallest absolute Gasteiger partial charge is 0.0397 e. The molecule has 0 saturated heterocycles. The molecule has 0 saturated carbocycles. The van der Waals surface area contributed by atoms with Crippen LogP contribution in [0, 0.1) is 13.8 Å². The second-order valence-corrected chi connectivity index (χ2v) is 7.17. The molecule has 0 aliphatic carbocycles. The van der Waals surface area contributed by atoms with E-state index < -0.39 is 0 Å². The van der Waals surface area contributed by atoms with E-state index in [1.54, 1.807) is 0 Å². The van der Waals surface area contributed by atoms with E-state index in [1.165, 1.54) is 72.2 Å². The zero-order valence-electron chi connectivity index (χ0n) is 16.4. The van der Waals surface area contributed by atoms with E-state index in [9.17, 15) is 0 Å². The molecule has 0 aliphatic rings. The number of rotatable bonds is 10. The summed E-state index contributed by atoms with van der Waals surface area (Å²) < 4.78 is 0. The van der Waals surface area contributed by atoms with Crippen molar-refractivity contribution < 1.29 is 0 Å². The number of nitrogens with one attached hydrogen (secondary N) is 2. The number of H-pyrrole nitrogens is 2. The fourth-order valence-corrected chi connectivity index (χ4v) is 3.95. The molecular formula is C22H36N2. The number of aromatic amines is 2. The molecule has 0 aromatic carbocycles. The fraction of sp³-hybridized carbons (Fsp3) is 0.636. The molecule has 2 rings (SSSR count). The standard InChI is InChI=1S/C22H36N2/c1-6-9-10-11-12-13-20(21-16(4)18(7-2)14-23-21)22-17(5)19(8-3)15-24-22/h14-15,20,23-24H,6-13H2,1-5H3. The first kappa shape index (κ1) is 18.9. The van der Waals surface area contributed by atoms with Gasteiger partial charge in [-0.25, -0.2) is 0 Å². The van der Waals surface area contributed by atoms with E-state index in [-0.39, 0.29) is 0 Å². The predicted molar refractivity (Wildman–Crippen MR) is 105 cm³/mol. The third-order valence-electron chi connectivity index (χ3n) is 5.63. The Labute approximate surface area is 148 Å². The Bertz CT molecular complexity index is 570. The molecule has 0 atom stereocenters. The van der Waals surface area contributed by atoms with Crippen LogP contribution in [-0.4, -0.2) is 9.97 Å². The van der Waals surface area contributed by atoms with Crippen LogP contribution in [0.3, 0.4) is 0 Å². The minimum absolute atomic E-state index is 0.479. The number of hydrogen-bond acceptors (Lipinski definition) is 0. The minimum atomic E-state index is 0.479. The van der Waals surface area contributed by atoms with Gasteiger partial charge in [0, 0.05) is 29.7 Å². The third-order valence-corrected chi connectivity index (χ3v) is 5.63. The van der Waals surface area contributed by atoms with Gasteiger partial charge in [0.05, 0.1) is 0 Å². The van der Waals surface area contributed by atoms with Gasteiger partial charge in [-0.1, -0.05) is 52.9 Å². The molecule has 2 N–H and O–H groups in total. The Balaban J connectivity index is 2.23. The predicted octanol–water partition coefficient (Wildman–Crippen LogP) is 6.58. The Morgan fingerprint density at radius 3 is 1.67 bits per heavy atom. The molecule has 134 valence electrons. The number of unbranched alkanes of at least 4 members (excludes halogenated alkanes) is 4. The zero-order chi connectivity index (χ0) is 17.5. The summed E-state index contributed by atoms with van der Waals surface area (Å²) in [5.41, 5.74) is 8.69. The van der Waals surface area contributed by atoms with Gasteiger partial charge in [-0.15, -0.1) is 0 Å². The quantitative estimate of drug-likeness (QED) is 0.462. The molecule has 0 radical (unpaired) electrons. The van der Waals surface area contributed by atoms with Crippen molar-refractivity contribution in [1.29, 1.82) is 0 Å². The Hall–Kier alpha value is -1.44. The zero-order valence-corrected chi connectivity index (χ0v) is 16.4. The van der Waals surface area contributed by atoms with E-state index in [0.717, 1.165) is 12.8 Å². The van der Waals surface area contributed by atoms with E-state index >= 15 is 0 Å². The van der Waals surface area contributed by atoms with Crippen molar-refractivity contribution in [3.8, 4) is 0 Å². The molecule has 2 aromatic heterocycles. The van der Waals surface area contributed by atoms with E-state index in [0.29, 0.717) is 5.92 Å². The lowest BCUT2D eigenvalue weighted by Crippen LogP contribution is -2.06. The van der Waals surface area contributed by atoms with Crippen LogP contribution in [0.4, 0.5) is 0 Å². The molecule has 0 amide bonds. The van der Waals surface area contributed by atoms with Crippen molar-refractivity contribution in [3.05, 3.63) is 46.0 Å². The van der Waals surface area contributed by atoms with Crippen LogP contribution in [0.1, 0.15) is 98.9 Å². The summed E-state index contributed by atoms with van der Waals surface area (Å²) in [6.07, 6.45) is 14.6. The highest BCUT2D eigenvalue weighted by atomic mass is 14.8. The molecular weight excluding hydrogens is 292 g/mol. The van der Waals surface area contributed by atoms with E-state index in [2.05, 4.69) is 57.0 Å². The van der Waals surface area contributed by atoms with E-state index in [1.807, 2.05) is 0 Å². The lowest BCUT2D eigenvalue weighted by Gasteiger charge is -2.18. The molecule has 2 nitrogen and oxygen atoms in total. The first-order valence-corrected chi connectivity index (χ1v) is 9.97. The van der Waals surface area contributed by atoms with Gasteiger partial charge >= 0.3 is 0 Å². The maximum absolute atomic E-state index is 3.61. The largest absolute Gasteiger partial charge is 0.364 e. The molecule has 24 heavy (non-hydrogen) atoms. The summed E-state index contributed by atoms with van der Waals surface area (Å²) in [7, 11) is 0. The first-order valence-electron chi connectivity index (χ1n) is 9.97. The lowest BCUT2D eigenvalue weighted by molar-refractivity contribution is 0.569. The lowest BCUT2D eigenvalue weighted by atomic mass is 9.89. The van der Waals surface area contributed by atoms with Crippen molar-refractivity contribution in [1.82, 2.24) is 9.97 Å². The van der Waals surface area contributed by atoms with Crippen LogP contribution in [-0.2, 0) is 12.8 Å². The maximum Gasteiger partial charge on any atom is 0.0397 e. The first-order chi connectivity index (χ1) is 11.6. The summed E-state index contributed by atoms with van der Waals surface area (Å²) in [5.74, 6) is 0.479. The Morgan fingerprint density at radius 2 is 1.25 bits per heavy atom. The third kappa shape index (κ3) is 4.15. The number of hydrogen-bond donors (Lipinski definition) is 2. The highest BCUT2D eigenvalue weighted by Gasteiger charge is 2.22. The van der Waals surface area contributed by atoms with Gasteiger partial charge in [0.25, 0.3) is 0 Å². The van der Waals surface area contributed by atoms with Gasteiger partial charge in [0.15, 0.2) is 0 Å². The number of aromatic nitrogens is 2. The molecule has 2 heteroatoms. The van der Waals surface area contributed by atoms with Gasteiger partial charge in [0.1, 0.15) is 0 Å². The fourth-order valence-electron chi connectivity index (χ4n) is 3.95. The SMILES string of the molecule is CCCCCCCC(c1[nH]cc(CC)c1C)c1[nH]cc(CC)c1C. The van der Waals surface area contributed by atoms with Crippen LogP contribution in [0.5, 0.6) is 0 Å². The molecule has 0 unspecified atom stereocenters. The van der Waals surface area contributed by atoms with Crippen molar-refractivity contribution >= 4 is 0 Å². The Kier molecular flexibility index (Phi) is 7.20. The monoisotopic (exact) mass is 328 g/mol.